The van der Waals surface area contributed by atoms with Crippen molar-refractivity contribution in [2.45, 2.75) is 25.5 Å². The maximum atomic E-state index is 13.3. The highest BCUT2D eigenvalue weighted by Gasteiger charge is 2.19. The molecule has 108 valence electrons. The molecule has 0 aliphatic heterocycles. The van der Waals surface area contributed by atoms with Gasteiger partial charge in [-0.2, -0.15) is 0 Å². The Kier molecular flexibility index (Phi) is 6.41. The Balaban J connectivity index is 2.46. The molecule has 0 saturated carbocycles. The van der Waals surface area contributed by atoms with Gasteiger partial charge in [0.05, 0.1) is 5.25 Å². The fraction of sp³-hybridized carbons (Fsp3) is 0.538. The van der Waals surface area contributed by atoms with Gasteiger partial charge in [-0.1, -0.05) is 25.1 Å². The molecule has 0 amide bonds. The van der Waals surface area contributed by atoms with Crippen LogP contribution in [-0.4, -0.2) is 33.3 Å². The molecule has 0 spiro atoms. The molecule has 1 unspecified atom stereocenters. The molecule has 19 heavy (non-hydrogen) atoms. The molecule has 0 aromatic heterocycles. The third-order valence-electron chi connectivity index (χ3n) is 2.87. The summed E-state index contributed by atoms with van der Waals surface area (Å²) in [4.78, 5) is 0. The van der Waals surface area contributed by atoms with E-state index in [4.69, 9.17) is 0 Å². The maximum Gasteiger partial charge on any atom is 0.215 e. The standard InChI is InChI=1S/C13H21FN2O2S/c1-3-15-10-11(2)19(17,18)16-9-8-12-6-4-5-7-13(12)14/h4-7,11,15-16H,3,8-10H2,1-2H3. The van der Waals surface area contributed by atoms with Crippen molar-refractivity contribution in [1.82, 2.24) is 10.0 Å². The Labute approximate surface area is 114 Å². The van der Waals surface area contributed by atoms with E-state index in [1.165, 1.54) is 6.07 Å². The van der Waals surface area contributed by atoms with E-state index in [0.717, 1.165) is 6.54 Å². The summed E-state index contributed by atoms with van der Waals surface area (Å²) >= 11 is 0. The van der Waals surface area contributed by atoms with Crippen LogP contribution in [0.15, 0.2) is 24.3 Å². The van der Waals surface area contributed by atoms with Gasteiger partial charge in [0.2, 0.25) is 10.0 Å². The molecule has 6 heteroatoms. The fourth-order valence-corrected chi connectivity index (χ4v) is 2.64. The van der Waals surface area contributed by atoms with Crippen LogP contribution in [0.1, 0.15) is 19.4 Å². The van der Waals surface area contributed by atoms with Crippen LogP contribution in [0.2, 0.25) is 0 Å². The SMILES string of the molecule is CCNCC(C)S(=O)(=O)NCCc1ccccc1F. The Morgan fingerprint density at radius 1 is 1.32 bits per heavy atom. The number of sulfonamides is 1. The Morgan fingerprint density at radius 3 is 2.63 bits per heavy atom. The van der Waals surface area contributed by atoms with Gasteiger partial charge in [-0.3, -0.25) is 0 Å². The normalized spacial score (nSPS) is 13.4. The van der Waals surface area contributed by atoms with Gasteiger partial charge in [0.15, 0.2) is 0 Å². The number of halogens is 1. The molecule has 1 rings (SSSR count). The van der Waals surface area contributed by atoms with Crippen LogP contribution < -0.4 is 10.0 Å². The predicted octanol–water partition coefficient (Wildman–Crippen LogP) is 1.29. The highest BCUT2D eigenvalue weighted by atomic mass is 32.2. The molecule has 1 aromatic carbocycles. The largest absolute Gasteiger partial charge is 0.316 e. The van der Waals surface area contributed by atoms with Gasteiger partial charge in [-0.25, -0.2) is 17.5 Å². The molecule has 0 bridgehead atoms. The van der Waals surface area contributed by atoms with Crippen molar-refractivity contribution < 1.29 is 12.8 Å². The lowest BCUT2D eigenvalue weighted by molar-refractivity contribution is 0.558. The van der Waals surface area contributed by atoms with Crippen LogP contribution >= 0.6 is 0 Å². The van der Waals surface area contributed by atoms with Crippen LogP contribution in [0.4, 0.5) is 4.39 Å². The van der Waals surface area contributed by atoms with E-state index in [2.05, 4.69) is 10.0 Å². The van der Waals surface area contributed by atoms with Crippen molar-refractivity contribution >= 4 is 10.0 Å². The first-order valence-corrected chi connectivity index (χ1v) is 7.94. The number of nitrogens with one attached hydrogen (secondary N) is 2. The second kappa shape index (κ2) is 7.57. The first-order valence-electron chi connectivity index (χ1n) is 6.40. The van der Waals surface area contributed by atoms with Crippen molar-refractivity contribution in [1.29, 1.82) is 0 Å². The van der Waals surface area contributed by atoms with Crippen LogP contribution in [0, 0.1) is 5.82 Å². The van der Waals surface area contributed by atoms with Crippen LogP contribution in [0.5, 0.6) is 0 Å². The molecular formula is C13H21FN2O2S. The van der Waals surface area contributed by atoms with Crippen LogP contribution in [0.3, 0.4) is 0 Å². The summed E-state index contributed by atoms with van der Waals surface area (Å²) in [6.07, 6.45) is 0.347. The molecule has 4 nitrogen and oxygen atoms in total. The summed E-state index contributed by atoms with van der Waals surface area (Å²) in [6.45, 7) is 4.92. The lowest BCUT2D eigenvalue weighted by Gasteiger charge is -2.14. The minimum atomic E-state index is -3.35. The number of benzene rings is 1. The summed E-state index contributed by atoms with van der Waals surface area (Å²) in [5, 5.41) is 2.49. The lowest BCUT2D eigenvalue weighted by atomic mass is 10.1. The fourth-order valence-electron chi connectivity index (χ4n) is 1.63. The van der Waals surface area contributed by atoms with Crippen molar-refractivity contribution in [3.05, 3.63) is 35.6 Å². The molecule has 2 N–H and O–H groups in total. The zero-order chi connectivity index (χ0) is 14.3. The minimum Gasteiger partial charge on any atom is -0.316 e. The Bertz CT molecular complexity index is 491. The average Bonchev–Trinajstić information content (AvgIpc) is 2.38. The topological polar surface area (TPSA) is 58.2 Å². The quantitative estimate of drug-likeness (QED) is 0.758. The molecule has 0 aliphatic carbocycles. The first kappa shape index (κ1) is 16.1. The average molecular weight is 288 g/mol. The number of hydrogen-bond acceptors (Lipinski definition) is 3. The number of rotatable bonds is 8. The third-order valence-corrected chi connectivity index (χ3v) is 4.70. The molecular weight excluding hydrogens is 267 g/mol. The van der Waals surface area contributed by atoms with Gasteiger partial charge in [-0.05, 0) is 31.5 Å². The molecule has 0 aliphatic rings. The predicted molar refractivity (Wildman–Crippen MR) is 75.0 cm³/mol. The van der Waals surface area contributed by atoms with E-state index in [1.54, 1.807) is 25.1 Å². The van der Waals surface area contributed by atoms with Gasteiger partial charge in [-0.15, -0.1) is 0 Å². The molecule has 0 fully saturated rings. The van der Waals surface area contributed by atoms with Crippen LogP contribution in [-0.2, 0) is 16.4 Å². The monoisotopic (exact) mass is 288 g/mol. The van der Waals surface area contributed by atoms with Gasteiger partial charge >= 0.3 is 0 Å². The van der Waals surface area contributed by atoms with Crippen molar-refractivity contribution in [3.8, 4) is 0 Å². The summed E-state index contributed by atoms with van der Waals surface area (Å²) in [5.41, 5.74) is 0.518. The van der Waals surface area contributed by atoms with Crippen molar-refractivity contribution in [2.24, 2.45) is 0 Å². The lowest BCUT2D eigenvalue weighted by Crippen LogP contribution is -2.39. The smallest absolute Gasteiger partial charge is 0.215 e. The highest BCUT2D eigenvalue weighted by molar-refractivity contribution is 7.90. The summed E-state index contributed by atoms with van der Waals surface area (Å²) in [7, 11) is -3.35. The van der Waals surface area contributed by atoms with Crippen LogP contribution in [0.25, 0.3) is 0 Å². The van der Waals surface area contributed by atoms with Gasteiger partial charge < -0.3 is 5.32 Å². The van der Waals surface area contributed by atoms with E-state index in [0.29, 0.717) is 18.5 Å². The van der Waals surface area contributed by atoms with Gasteiger partial charge in [0.25, 0.3) is 0 Å². The van der Waals surface area contributed by atoms with E-state index in [9.17, 15) is 12.8 Å². The summed E-state index contributed by atoms with van der Waals surface area (Å²) in [6, 6.07) is 6.38. The number of hydrogen-bond donors (Lipinski definition) is 2. The molecule has 1 aromatic rings. The molecule has 0 radical (unpaired) electrons. The minimum absolute atomic E-state index is 0.208. The highest BCUT2D eigenvalue weighted by Crippen LogP contribution is 2.06. The second-order valence-electron chi connectivity index (χ2n) is 4.40. The van der Waals surface area contributed by atoms with Crippen molar-refractivity contribution in [2.75, 3.05) is 19.6 Å². The molecule has 1 atom stereocenters. The van der Waals surface area contributed by atoms with E-state index >= 15 is 0 Å². The zero-order valence-corrected chi connectivity index (χ0v) is 12.1. The van der Waals surface area contributed by atoms with E-state index in [-0.39, 0.29) is 12.4 Å². The molecule has 0 heterocycles. The molecule has 0 saturated heterocycles. The second-order valence-corrected chi connectivity index (χ2v) is 6.58. The Hall–Kier alpha value is -0.980. The summed E-state index contributed by atoms with van der Waals surface area (Å²) < 4.78 is 39.6. The van der Waals surface area contributed by atoms with E-state index in [1.807, 2.05) is 6.92 Å². The zero-order valence-electron chi connectivity index (χ0n) is 11.3. The van der Waals surface area contributed by atoms with Gasteiger partial charge in [0.1, 0.15) is 5.82 Å². The van der Waals surface area contributed by atoms with Gasteiger partial charge in [0, 0.05) is 13.1 Å². The van der Waals surface area contributed by atoms with E-state index < -0.39 is 15.3 Å². The first-order chi connectivity index (χ1) is 8.97. The Morgan fingerprint density at radius 2 is 2.00 bits per heavy atom. The summed E-state index contributed by atoms with van der Waals surface area (Å²) in [5.74, 6) is -0.303. The van der Waals surface area contributed by atoms with Crippen molar-refractivity contribution in [3.63, 3.8) is 0 Å². The maximum absolute atomic E-state index is 13.3. The third kappa shape index (κ3) is 5.26.